The molecule has 9 nitrogen and oxygen atoms in total. The van der Waals surface area contributed by atoms with Gasteiger partial charge in [-0.3, -0.25) is 4.79 Å². The monoisotopic (exact) mass is 603 g/mol. The van der Waals surface area contributed by atoms with Crippen molar-refractivity contribution < 1.29 is 23.5 Å². The fourth-order valence-corrected chi connectivity index (χ4v) is 6.04. The lowest BCUT2D eigenvalue weighted by atomic mass is 9.97. The summed E-state index contributed by atoms with van der Waals surface area (Å²) < 4.78 is 29.8. The van der Waals surface area contributed by atoms with Gasteiger partial charge in [0.25, 0.3) is 5.91 Å². The number of amides is 2. The summed E-state index contributed by atoms with van der Waals surface area (Å²) in [7, 11) is 2.02. The van der Waals surface area contributed by atoms with Crippen LogP contribution in [0.3, 0.4) is 0 Å². The molecule has 4 aromatic rings. The molecular formula is C34H42FN5O4. The average molecular weight is 604 g/mol. The van der Waals surface area contributed by atoms with E-state index in [2.05, 4.69) is 39.6 Å². The van der Waals surface area contributed by atoms with Gasteiger partial charge in [0, 0.05) is 37.6 Å². The van der Waals surface area contributed by atoms with Crippen molar-refractivity contribution in [2.75, 3.05) is 26.4 Å². The van der Waals surface area contributed by atoms with Crippen molar-refractivity contribution in [1.82, 2.24) is 24.3 Å². The number of imidazole rings is 1. The van der Waals surface area contributed by atoms with E-state index in [0.29, 0.717) is 31.1 Å². The number of nitrogens with one attached hydrogen (secondary N) is 1. The zero-order valence-electron chi connectivity index (χ0n) is 26.3. The van der Waals surface area contributed by atoms with E-state index in [1.54, 1.807) is 25.7 Å². The van der Waals surface area contributed by atoms with Crippen LogP contribution in [-0.2, 0) is 24.8 Å². The molecule has 3 heterocycles. The van der Waals surface area contributed by atoms with Crippen LogP contribution in [0.25, 0.3) is 33.5 Å². The highest BCUT2D eigenvalue weighted by Crippen LogP contribution is 2.39. The molecule has 1 aliphatic carbocycles. The molecule has 0 spiro atoms. The van der Waals surface area contributed by atoms with Crippen LogP contribution in [0, 0.1) is 5.92 Å². The summed E-state index contributed by atoms with van der Waals surface area (Å²) in [6.07, 6.45) is 3.31. The molecule has 1 fully saturated rings. The lowest BCUT2D eigenvalue weighted by Crippen LogP contribution is -2.50. The molecule has 10 heteroatoms. The van der Waals surface area contributed by atoms with Crippen molar-refractivity contribution in [2.24, 2.45) is 13.0 Å². The normalized spacial score (nSPS) is 16.0. The van der Waals surface area contributed by atoms with E-state index < -0.39 is 24.4 Å². The van der Waals surface area contributed by atoms with E-state index in [9.17, 15) is 14.0 Å². The van der Waals surface area contributed by atoms with Crippen LogP contribution >= 0.6 is 0 Å². The van der Waals surface area contributed by atoms with Gasteiger partial charge in [0.15, 0.2) is 5.82 Å². The Morgan fingerprint density at radius 2 is 2.00 bits per heavy atom. The molecule has 1 aliphatic heterocycles. The first-order valence-corrected chi connectivity index (χ1v) is 15.7. The SMILES string of the molecule is CCCOc1cccc2cc(-c3nc4cc5c(cc4n3C)CCN(C[C@@H](CF)NC(=O)OC(C)(C)C)C5=O)n(CC3CC3)c12. The molecule has 0 bridgehead atoms. The smallest absolute Gasteiger partial charge is 0.408 e. The van der Waals surface area contributed by atoms with Gasteiger partial charge in [-0.25, -0.2) is 14.2 Å². The van der Waals surface area contributed by atoms with Gasteiger partial charge in [-0.15, -0.1) is 0 Å². The molecule has 44 heavy (non-hydrogen) atoms. The second-order valence-electron chi connectivity index (χ2n) is 13.1. The number of hydrogen-bond acceptors (Lipinski definition) is 5. The number of fused-ring (bicyclic) bond motifs is 3. The van der Waals surface area contributed by atoms with Crippen LogP contribution < -0.4 is 10.1 Å². The number of halogens is 1. The van der Waals surface area contributed by atoms with Crippen LogP contribution in [0.5, 0.6) is 5.75 Å². The third kappa shape index (κ3) is 5.99. The Morgan fingerprint density at radius 3 is 2.70 bits per heavy atom. The van der Waals surface area contributed by atoms with Crippen LogP contribution in [0.2, 0.25) is 0 Å². The Labute approximate surface area is 257 Å². The van der Waals surface area contributed by atoms with E-state index in [1.807, 2.05) is 25.2 Å². The van der Waals surface area contributed by atoms with Crippen LogP contribution in [0.4, 0.5) is 9.18 Å². The minimum Gasteiger partial charge on any atom is -0.491 e. The second-order valence-corrected chi connectivity index (χ2v) is 13.1. The molecule has 1 saturated carbocycles. The minimum absolute atomic E-state index is 0.0588. The van der Waals surface area contributed by atoms with E-state index in [-0.39, 0.29) is 12.5 Å². The van der Waals surface area contributed by atoms with Crippen LogP contribution in [0.1, 0.15) is 62.9 Å². The molecule has 234 valence electrons. The standard InChI is InChI=1S/C34H42FN5O4/c1-6-14-43-29-9-7-8-23-16-28(40(30(23)29)19-21-10-11-21)31-37-26-17-25-22(15-27(26)38(31)5)12-13-39(32(25)41)20-24(18-35)36-33(42)44-34(2,3)4/h7-9,15-17,21,24H,6,10-14,18-20H2,1-5H3,(H,36,42)/t24-/m1/s1. The molecule has 0 unspecified atom stereocenters. The van der Waals surface area contributed by atoms with Crippen molar-refractivity contribution in [2.45, 2.75) is 71.6 Å². The molecule has 1 atom stereocenters. The third-order valence-corrected chi connectivity index (χ3v) is 8.33. The van der Waals surface area contributed by atoms with Gasteiger partial charge in [-0.1, -0.05) is 19.1 Å². The lowest BCUT2D eigenvalue weighted by molar-refractivity contribution is 0.0466. The zero-order chi connectivity index (χ0) is 31.2. The first-order chi connectivity index (χ1) is 21.1. The number of alkyl carbamates (subject to hydrolysis) is 1. The van der Waals surface area contributed by atoms with Gasteiger partial charge in [0.2, 0.25) is 0 Å². The summed E-state index contributed by atoms with van der Waals surface area (Å²) in [4.78, 5) is 32.5. The van der Waals surface area contributed by atoms with Crippen molar-refractivity contribution >= 4 is 33.9 Å². The number of ether oxygens (including phenoxy) is 2. The summed E-state index contributed by atoms with van der Waals surface area (Å²) in [5.41, 5.74) is 4.63. The van der Waals surface area contributed by atoms with Gasteiger partial charge in [0.05, 0.1) is 34.9 Å². The zero-order valence-corrected chi connectivity index (χ0v) is 26.3. The molecular weight excluding hydrogens is 561 g/mol. The van der Waals surface area contributed by atoms with Crippen molar-refractivity contribution in [3.05, 3.63) is 47.5 Å². The van der Waals surface area contributed by atoms with Crippen molar-refractivity contribution in [1.29, 1.82) is 0 Å². The molecule has 2 aromatic heterocycles. The van der Waals surface area contributed by atoms with Crippen LogP contribution in [-0.4, -0.2) is 69.0 Å². The average Bonchev–Trinajstić information content (AvgIpc) is 3.65. The fourth-order valence-electron chi connectivity index (χ4n) is 6.04. The molecule has 1 N–H and O–H groups in total. The van der Waals surface area contributed by atoms with E-state index in [4.69, 9.17) is 14.5 Å². The number of para-hydroxylation sites is 1. The predicted molar refractivity (Wildman–Crippen MR) is 169 cm³/mol. The number of hydrogen-bond donors (Lipinski definition) is 1. The number of benzene rings is 2. The maximum Gasteiger partial charge on any atom is 0.408 e. The van der Waals surface area contributed by atoms with Gasteiger partial charge < -0.3 is 28.8 Å². The highest BCUT2D eigenvalue weighted by atomic mass is 19.1. The summed E-state index contributed by atoms with van der Waals surface area (Å²) in [5.74, 6) is 2.19. The summed E-state index contributed by atoms with van der Waals surface area (Å²) in [6, 6.07) is 11.5. The highest BCUT2D eigenvalue weighted by Gasteiger charge is 2.30. The number of aromatic nitrogens is 3. The van der Waals surface area contributed by atoms with Gasteiger partial charge in [-0.2, -0.15) is 0 Å². The number of rotatable bonds is 10. The Kier molecular flexibility index (Phi) is 8.02. The Morgan fingerprint density at radius 1 is 1.20 bits per heavy atom. The second kappa shape index (κ2) is 11.8. The third-order valence-electron chi connectivity index (χ3n) is 8.33. The quantitative estimate of drug-likeness (QED) is 0.231. The number of alkyl halides is 1. The maximum atomic E-state index is 13.9. The van der Waals surface area contributed by atoms with Gasteiger partial charge in [-0.05, 0) is 82.2 Å². The predicted octanol–water partition coefficient (Wildman–Crippen LogP) is 6.25. The summed E-state index contributed by atoms with van der Waals surface area (Å²) >= 11 is 0. The summed E-state index contributed by atoms with van der Waals surface area (Å²) in [5, 5.41) is 3.69. The minimum atomic E-state index is -0.861. The largest absolute Gasteiger partial charge is 0.491 e. The first kappa shape index (κ1) is 30.0. The maximum absolute atomic E-state index is 13.9. The molecule has 0 saturated heterocycles. The van der Waals surface area contributed by atoms with Crippen LogP contribution in [0.15, 0.2) is 36.4 Å². The van der Waals surface area contributed by atoms with E-state index in [0.717, 1.165) is 57.7 Å². The lowest BCUT2D eigenvalue weighted by Gasteiger charge is -2.31. The number of aryl methyl sites for hydroxylation is 1. The highest BCUT2D eigenvalue weighted by molar-refractivity contribution is 6.01. The Balaban J connectivity index is 1.32. The Hall–Kier alpha value is -4.08. The first-order valence-electron chi connectivity index (χ1n) is 15.7. The number of nitrogens with zero attached hydrogens (tertiary/aromatic N) is 4. The van der Waals surface area contributed by atoms with Crippen molar-refractivity contribution in [3.8, 4) is 17.3 Å². The fraction of sp³-hybridized carbons (Fsp3) is 0.500. The summed E-state index contributed by atoms with van der Waals surface area (Å²) in [6.45, 7) is 8.61. The molecule has 0 radical (unpaired) electrons. The molecule has 2 amide bonds. The van der Waals surface area contributed by atoms with Gasteiger partial charge in [0.1, 0.15) is 18.0 Å². The molecule has 2 aliphatic rings. The Bertz CT molecular complexity index is 1710. The van der Waals surface area contributed by atoms with Gasteiger partial charge >= 0.3 is 6.09 Å². The topological polar surface area (TPSA) is 90.6 Å². The number of carbonyl (C=O) groups is 2. The molecule has 2 aromatic carbocycles. The van der Waals surface area contributed by atoms with E-state index >= 15 is 0 Å². The molecule has 6 rings (SSSR count). The van der Waals surface area contributed by atoms with E-state index in [1.165, 1.54) is 12.8 Å². The van der Waals surface area contributed by atoms with Crippen molar-refractivity contribution in [3.63, 3.8) is 0 Å². The number of carbonyl (C=O) groups excluding carboxylic acids is 2.